The molecule has 0 aromatic carbocycles. The van der Waals surface area contributed by atoms with Gasteiger partial charge in [0.2, 0.25) is 0 Å². The number of carbonyl (C=O) groups excluding carboxylic acids is 1. The van der Waals surface area contributed by atoms with Crippen LogP contribution in [0.25, 0.3) is 0 Å². The van der Waals surface area contributed by atoms with Gasteiger partial charge in [0.05, 0.1) is 12.2 Å². The van der Waals surface area contributed by atoms with Crippen molar-refractivity contribution in [3.05, 3.63) is 0 Å². The van der Waals surface area contributed by atoms with Crippen molar-refractivity contribution in [2.45, 2.75) is 58.6 Å². The third-order valence-corrected chi connectivity index (χ3v) is 1.92. The molecule has 0 radical (unpaired) electrons. The zero-order valence-electron chi connectivity index (χ0n) is 10.9. The van der Waals surface area contributed by atoms with Crippen molar-refractivity contribution in [2.75, 3.05) is 13.2 Å². The van der Waals surface area contributed by atoms with Gasteiger partial charge >= 0.3 is 5.97 Å². The van der Waals surface area contributed by atoms with Crippen LogP contribution in [0.1, 0.15) is 47.0 Å². The first-order chi connectivity index (χ1) is 7.31. The van der Waals surface area contributed by atoms with Gasteiger partial charge < -0.3 is 15.2 Å². The molecule has 0 aromatic rings. The fourth-order valence-corrected chi connectivity index (χ4v) is 1.14. The molecule has 0 spiro atoms. The van der Waals surface area contributed by atoms with Crippen molar-refractivity contribution < 1.29 is 14.3 Å². The number of esters is 1. The minimum absolute atomic E-state index is 0.150. The molecule has 16 heavy (non-hydrogen) atoms. The third-order valence-electron chi connectivity index (χ3n) is 1.92. The van der Waals surface area contributed by atoms with E-state index in [9.17, 15) is 4.79 Å². The number of carbonyl (C=O) groups is 1. The van der Waals surface area contributed by atoms with Crippen LogP contribution in [0.15, 0.2) is 0 Å². The highest BCUT2D eigenvalue weighted by Crippen LogP contribution is 2.06. The summed E-state index contributed by atoms with van der Waals surface area (Å²) in [6.45, 7) is 8.62. The van der Waals surface area contributed by atoms with Gasteiger partial charge in [-0.2, -0.15) is 0 Å². The standard InChI is InChI=1S/C12H25NO3/c1-10(13)6-5-7-11(14)15-8-9-16-12(2,3)4/h10H,5-9,13H2,1-4H3. The molecule has 0 saturated heterocycles. The lowest BCUT2D eigenvalue weighted by molar-refractivity contribution is -0.147. The summed E-state index contributed by atoms with van der Waals surface area (Å²) in [5.74, 6) is -0.168. The highest BCUT2D eigenvalue weighted by molar-refractivity contribution is 5.69. The Bertz CT molecular complexity index is 197. The molecule has 0 fully saturated rings. The Morgan fingerprint density at radius 3 is 2.44 bits per heavy atom. The molecular weight excluding hydrogens is 206 g/mol. The van der Waals surface area contributed by atoms with Crippen LogP contribution in [0.5, 0.6) is 0 Å². The van der Waals surface area contributed by atoms with Crippen LogP contribution in [-0.2, 0) is 14.3 Å². The molecule has 0 bridgehead atoms. The van der Waals surface area contributed by atoms with E-state index in [1.807, 2.05) is 27.7 Å². The van der Waals surface area contributed by atoms with Crippen LogP contribution in [0, 0.1) is 0 Å². The minimum atomic E-state index is -0.179. The van der Waals surface area contributed by atoms with E-state index in [0.29, 0.717) is 19.6 Å². The second-order valence-corrected chi connectivity index (χ2v) is 5.05. The van der Waals surface area contributed by atoms with E-state index in [1.54, 1.807) is 0 Å². The average molecular weight is 231 g/mol. The summed E-state index contributed by atoms with van der Waals surface area (Å²) in [4.78, 5) is 11.2. The van der Waals surface area contributed by atoms with Crippen molar-refractivity contribution in [1.29, 1.82) is 0 Å². The molecule has 0 saturated carbocycles. The maximum absolute atomic E-state index is 11.2. The molecule has 4 nitrogen and oxygen atoms in total. The highest BCUT2D eigenvalue weighted by atomic mass is 16.6. The van der Waals surface area contributed by atoms with Gasteiger partial charge in [-0.15, -0.1) is 0 Å². The van der Waals surface area contributed by atoms with E-state index in [0.717, 1.165) is 12.8 Å². The third kappa shape index (κ3) is 11.5. The second kappa shape index (κ2) is 7.63. The van der Waals surface area contributed by atoms with E-state index < -0.39 is 0 Å². The lowest BCUT2D eigenvalue weighted by atomic mass is 10.1. The maximum Gasteiger partial charge on any atom is 0.305 e. The molecule has 0 aliphatic carbocycles. The van der Waals surface area contributed by atoms with E-state index in [1.165, 1.54) is 0 Å². The van der Waals surface area contributed by atoms with Crippen molar-refractivity contribution in [1.82, 2.24) is 0 Å². The lowest BCUT2D eigenvalue weighted by Crippen LogP contribution is -2.22. The lowest BCUT2D eigenvalue weighted by Gasteiger charge is -2.19. The fourth-order valence-electron chi connectivity index (χ4n) is 1.14. The number of ether oxygens (including phenoxy) is 2. The van der Waals surface area contributed by atoms with E-state index in [2.05, 4.69) is 0 Å². The molecule has 0 aromatic heterocycles. The molecule has 2 N–H and O–H groups in total. The van der Waals surface area contributed by atoms with E-state index in [-0.39, 0.29) is 17.6 Å². The van der Waals surface area contributed by atoms with Crippen LogP contribution in [-0.4, -0.2) is 30.8 Å². The summed E-state index contributed by atoms with van der Waals surface area (Å²) in [5.41, 5.74) is 5.40. The Morgan fingerprint density at radius 1 is 1.31 bits per heavy atom. The molecule has 4 heteroatoms. The summed E-state index contributed by atoms with van der Waals surface area (Å²) in [6, 6.07) is 0.150. The normalized spacial score (nSPS) is 13.6. The Hall–Kier alpha value is -0.610. The van der Waals surface area contributed by atoms with Gasteiger partial charge in [-0.05, 0) is 40.5 Å². The molecule has 0 amide bonds. The fraction of sp³-hybridized carbons (Fsp3) is 0.917. The molecule has 0 heterocycles. The Labute approximate surface area is 98.5 Å². The monoisotopic (exact) mass is 231 g/mol. The minimum Gasteiger partial charge on any atom is -0.463 e. The van der Waals surface area contributed by atoms with E-state index >= 15 is 0 Å². The zero-order valence-corrected chi connectivity index (χ0v) is 10.9. The van der Waals surface area contributed by atoms with Gasteiger partial charge in [0, 0.05) is 12.5 Å². The Kier molecular flexibility index (Phi) is 7.34. The molecule has 0 aliphatic heterocycles. The SMILES string of the molecule is CC(N)CCCC(=O)OCCOC(C)(C)C. The van der Waals surface area contributed by atoms with Gasteiger partial charge in [0.1, 0.15) is 6.61 Å². The average Bonchev–Trinajstić information content (AvgIpc) is 2.10. The summed E-state index contributed by atoms with van der Waals surface area (Å²) in [5, 5.41) is 0. The molecule has 0 aliphatic rings. The van der Waals surface area contributed by atoms with Crippen LogP contribution in [0.4, 0.5) is 0 Å². The maximum atomic E-state index is 11.2. The van der Waals surface area contributed by atoms with Crippen LogP contribution in [0.2, 0.25) is 0 Å². The van der Waals surface area contributed by atoms with Crippen molar-refractivity contribution in [3.63, 3.8) is 0 Å². The van der Waals surface area contributed by atoms with Crippen molar-refractivity contribution >= 4 is 5.97 Å². The predicted octanol–water partition coefficient (Wildman–Crippen LogP) is 1.86. The summed E-state index contributed by atoms with van der Waals surface area (Å²) >= 11 is 0. The van der Waals surface area contributed by atoms with Crippen LogP contribution < -0.4 is 5.73 Å². The smallest absolute Gasteiger partial charge is 0.305 e. The first kappa shape index (κ1) is 15.4. The Morgan fingerprint density at radius 2 is 1.94 bits per heavy atom. The number of hydrogen-bond acceptors (Lipinski definition) is 4. The van der Waals surface area contributed by atoms with Crippen LogP contribution in [0.3, 0.4) is 0 Å². The largest absolute Gasteiger partial charge is 0.463 e. The summed E-state index contributed by atoms with van der Waals surface area (Å²) in [7, 11) is 0. The summed E-state index contributed by atoms with van der Waals surface area (Å²) < 4.78 is 10.4. The highest BCUT2D eigenvalue weighted by Gasteiger charge is 2.10. The zero-order chi connectivity index (χ0) is 12.6. The molecule has 0 rings (SSSR count). The number of nitrogens with two attached hydrogens (primary N) is 1. The van der Waals surface area contributed by atoms with E-state index in [4.69, 9.17) is 15.2 Å². The second-order valence-electron chi connectivity index (χ2n) is 5.05. The van der Waals surface area contributed by atoms with Gasteiger partial charge in [-0.25, -0.2) is 0 Å². The first-order valence-electron chi connectivity index (χ1n) is 5.86. The molecule has 1 unspecified atom stereocenters. The van der Waals surface area contributed by atoms with Crippen molar-refractivity contribution in [2.24, 2.45) is 5.73 Å². The van der Waals surface area contributed by atoms with Crippen LogP contribution >= 0.6 is 0 Å². The predicted molar refractivity (Wildman–Crippen MR) is 64.2 cm³/mol. The Balaban J connectivity index is 3.38. The number of hydrogen-bond donors (Lipinski definition) is 1. The van der Waals surface area contributed by atoms with Crippen molar-refractivity contribution in [3.8, 4) is 0 Å². The topological polar surface area (TPSA) is 61.6 Å². The molecule has 96 valence electrons. The van der Waals surface area contributed by atoms with Gasteiger partial charge in [-0.3, -0.25) is 4.79 Å². The summed E-state index contributed by atoms with van der Waals surface area (Å²) in [6.07, 6.45) is 2.08. The number of rotatable bonds is 7. The van der Waals surface area contributed by atoms with Gasteiger partial charge in [0.25, 0.3) is 0 Å². The molecule has 1 atom stereocenters. The molecular formula is C12H25NO3. The first-order valence-corrected chi connectivity index (χ1v) is 5.86. The van der Waals surface area contributed by atoms with Gasteiger partial charge in [0.15, 0.2) is 0 Å². The van der Waals surface area contributed by atoms with Gasteiger partial charge in [-0.1, -0.05) is 0 Å². The quantitative estimate of drug-likeness (QED) is 0.536.